The summed E-state index contributed by atoms with van der Waals surface area (Å²) in [5.74, 6) is 0.0320. The van der Waals surface area contributed by atoms with Gasteiger partial charge in [-0.3, -0.25) is 14.8 Å². The second-order valence-corrected chi connectivity index (χ2v) is 7.09. The number of halogens is 1. The average molecular weight is 358 g/mol. The van der Waals surface area contributed by atoms with Crippen LogP contribution in [0.3, 0.4) is 0 Å². The van der Waals surface area contributed by atoms with Gasteiger partial charge in [-0.05, 0) is 43.9 Å². The second kappa shape index (κ2) is 8.94. The maximum atomic E-state index is 13.9. The Balaban J connectivity index is 1.48. The fraction of sp³-hybridized carbons (Fsp3) is 0.500. The molecule has 0 aliphatic carbocycles. The number of aryl methyl sites for hydroxylation is 1. The maximum Gasteiger partial charge on any atom is 0.222 e. The molecular formula is C20H27FN4O. The Morgan fingerprint density at radius 2 is 2.27 bits per heavy atom. The van der Waals surface area contributed by atoms with Gasteiger partial charge in [0.15, 0.2) is 0 Å². The van der Waals surface area contributed by atoms with Crippen molar-refractivity contribution in [2.75, 3.05) is 20.1 Å². The monoisotopic (exact) mass is 358 g/mol. The molecule has 1 unspecified atom stereocenters. The van der Waals surface area contributed by atoms with E-state index in [-0.39, 0.29) is 17.8 Å². The van der Waals surface area contributed by atoms with E-state index in [9.17, 15) is 9.18 Å². The highest BCUT2D eigenvalue weighted by molar-refractivity contribution is 5.76. The molecule has 1 amide bonds. The van der Waals surface area contributed by atoms with E-state index < -0.39 is 0 Å². The molecule has 6 heteroatoms. The highest BCUT2D eigenvalue weighted by Gasteiger charge is 2.26. The van der Waals surface area contributed by atoms with Gasteiger partial charge in [-0.25, -0.2) is 4.39 Å². The van der Waals surface area contributed by atoms with Gasteiger partial charge in [0.25, 0.3) is 0 Å². The predicted molar refractivity (Wildman–Crippen MR) is 99.0 cm³/mol. The molecule has 0 radical (unpaired) electrons. The first-order valence-corrected chi connectivity index (χ1v) is 9.32. The Labute approximate surface area is 154 Å². The Morgan fingerprint density at radius 3 is 3.04 bits per heavy atom. The zero-order chi connectivity index (χ0) is 18.4. The van der Waals surface area contributed by atoms with Gasteiger partial charge < -0.3 is 4.90 Å². The number of aromatic nitrogens is 2. The zero-order valence-corrected chi connectivity index (χ0v) is 15.3. The second-order valence-electron chi connectivity index (χ2n) is 7.09. The van der Waals surface area contributed by atoms with Crippen LogP contribution in [0, 0.1) is 5.82 Å². The van der Waals surface area contributed by atoms with Crippen LogP contribution in [0.1, 0.15) is 36.8 Å². The number of carbonyl (C=O) groups excluding carboxylic acids is 1. The first-order valence-electron chi connectivity index (χ1n) is 9.32. The van der Waals surface area contributed by atoms with E-state index in [1.165, 1.54) is 6.07 Å². The number of hydrogen-bond acceptors (Lipinski definition) is 3. The van der Waals surface area contributed by atoms with Crippen molar-refractivity contribution in [3.63, 3.8) is 0 Å². The van der Waals surface area contributed by atoms with Gasteiger partial charge in [0, 0.05) is 44.4 Å². The summed E-state index contributed by atoms with van der Waals surface area (Å²) >= 11 is 0. The van der Waals surface area contributed by atoms with Crippen LogP contribution in [0.5, 0.6) is 0 Å². The number of likely N-dealkylation sites (N-methyl/N-ethyl adjacent to an activating group) is 1. The number of piperidine rings is 1. The highest BCUT2D eigenvalue weighted by Crippen LogP contribution is 2.19. The molecule has 1 N–H and O–H groups in total. The van der Waals surface area contributed by atoms with Crippen molar-refractivity contribution in [1.29, 1.82) is 0 Å². The number of nitrogens with one attached hydrogen (secondary N) is 1. The van der Waals surface area contributed by atoms with Gasteiger partial charge in [-0.2, -0.15) is 5.10 Å². The molecular weight excluding hydrogens is 331 g/mol. The van der Waals surface area contributed by atoms with Crippen LogP contribution in [0.15, 0.2) is 36.7 Å². The number of rotatable bonds is 7. The number of likely N-dealkylation sites (tertiary alicyclic amines) is 1. The minimum absolute atomic E-state index is 0.154. The molecule has 1 fully saturated rings. The lowest BCUT2D eigenvalue weighted by molar-refractivity contribution is -0.133. The zero-order valence-electron chi connectivity index (χ0n) is 15.3. The summed E-state index contributed by atoms with van der Waals surface area (Å²) in [6, 6.07) is 7.14. The summed E-state index contributed by atoms with van der Waals surface area (Å²) in [5, 5.41) is 6.72. The van der Waals surface area contributed by atoms with Gasteiger partial charge in [0.1, 0.15) is 5.82 Å². The minimum Gasteiger partial charge on any atom is -0.341 e. The molecule has 140 valence electrons. The molecule has 1 saturated heterocycles. The molecule has 1 aliphatic heterocycles. The predicted octanol–water partition coefficient (Wildman–Crippen LogP) is 2.99. The third-order valence-corrected chi connectivity index (χ3v) is 5.18. The molecule has 1 aliphatic rings. The summed E-state index contributed by atoms with van der Waals surface area (Å²) in [6.07, 6.45) is 7.95. The molecule has 1 aromatic heterocycles. The Bertz CT molecular complexity index is 704. The van der Waals surface area contributed by atoms with Crippen molar-refractivity contribution in [2.45, 2.75) is 44.7 Å². The summed E-state index contributed by atoms with van der Waals surface area (Å²) in [5.41, 5.74) is 1.86. The molecule has 1 atom stereocenters. The molecule has 3 rings (SSSR count). The summed E-state index contributed by atoms with van der Waals surface area (Å²) < 4.78 is 13.9. The molecule has 2 heterocycles. The van der Waals surface area contributed by atoms with Gasteiger partial charge >= 0.3 is 0 Å². The fourth-order valence-electron chi connectivity index (χ4n) is 3.60. The topological polar surface area (TPSA) is 52.2 Å². The van der Waals surface area contributed by atoms with Crippen LogP contribution < -0.4 is 0 Å². The number of benzene rings is 1. The van der Waals surface area contributed by atoms with Crippen LogP contribution in [0.4, 0.5) is 4.39 Å². The fourth-order valence-corrected chi connectivity index (χ4v) is 3.60. The Morgan fingerprint density at radius 1 is 1.42 bits per heavy atom. The van der Waals surface area contributed by atoms with Crippen LogP contribution in [-0.2, 0) is 17.8 Å². The van der Waals surface area contributed by atoms with Gasteiger partial charge in [-0.1, -0.05) is 18.2 Å². The van der Waals surface area contributed by atoms with Crippen molar-refractivity contribution in [1.82, 2.24) is 20.0 Å². The largest absolute Gasteiger partial charge is 0.341 e. The normalized spacial score (nSPS) is 18.0. The number of H-pyrrole nitrogens is 1. The SMILES string of the molecule is CN(C(=O)CCCc1cn[nH]c1)C1CCCN(Cc2ccccc2F)C1. The third kappa shape index (κ3) is 4.91. The first kappa shape index (κ1) is 18.6. The molecule has 0 saturated carbocycles. The van der Waals surface area contributed by atoms with Gasteiger partial charge in [0.2, 0.25) is 5.91 Å². The van der Waals surface area contributed by atoms with E-state index in [4.69, 9.17) is 0 Å². The molecule has 0 spiro atoms. The van der Waals surface area contributed by atoms with Crippen LogP contribution in [0.2, 0.25) is 0 Å². The summed E-state index contributed by atoms with van der Waals surface area (Å²) in [7, 11) is 1.90. The van der Waals surface area contributed by atoms with E-state index >= 15 is 0 Å². The van der Waals surface area contributed by atoms with E-state index in [1.54, 1.807) is 12.3 Å². The molecule has 0 bridgehead atoms. The van der Waals surface area contributed by atoms with Crippen molar-refractivity contribution in [2.24, 2.45) is 0 Å². The summed E-state index contributed by atoms with van der Waals surface area (Å²) in [4.78, 5) is 16.7. The average Bonchev–Trinajstić information content (AvgIpc) is 3.16. The quantitative estimate of drug-likeness (QED) is 0.828. The number of aromatic amines is 1. The Kier molecular flexibility index (Phi) is 6.39. The van der Waals surface area contributed by atoms with Gasteiger partial charge in [-0.15, -0.1) is 0 Å². The van der Waals surface area contributed by atoms with Crippen molar-refractivity contribution in [3.05, 3.63) is 53.6 Å². The number of hydrogen-bond donors (Lipinski definition) is 1. The lowest BCUT2D eigenvalue weighted by Crippen LogP contribution is -2.48. The number of carbonyl (C=O) groups is 1. The molecule has 2 aromatic rings. The van der Waals surface area contributed by atoms with Crippen LogP contribution in [0.25, 0.3) is 0 Å². The van der Waals surface area contributed by atoms with Crippen LogP contribution >= 0.6 is 0 Å². The van der Waals surface area contributed by atoms with E-state index in [2.05, 4.69) is 15.1 Å². The standard InChI is InChI=1S/C20H27FN4O/c1-24(20(26)10-4-6-16-12-22-23-13-16)18-8-5-11-25(15-18)14-17-7-2-3-9-19(17)21/h2-3,7,9,12-13,18H,4-6,8,10-11,14-15H2,1H3,(H,22,23). The van der Waals surface area contributed by atoms with Crippen molar-refractivity contribution < 1.29 is 9.18 Å². The van der Waals surface area contributed by atoms with Crippen molar-refractivity contribution in [3.8, 4) is 0 Å². The smallest absolute Gasteiger partial charge is 0.222 e. The molecule has 5 nitrogen and oxygen atoms in total. The van der Waals surface area contributed by atoms with Crippen LogP contribution in [-0.4, -0.2) is 52.1 Å². The van der Waals surface area contributed by atoms with E-state index in [0.717, 1.165) is 49.9 Å². The highest BCUT2D eigenvalue weighted by atomic mass is 19.1. The van der Waals surface area contributed by atoms with E-state index in [0.29, 0.717) is 13.0 Å². The maximum absolute atomic E-state index is 13.9. The van der Waals surface area contributed by atoms with Crippen molar-refractivity contribution >= 4 is 5.91 Å². The lowest BCUT2D eigenvalue weighted by atomic mass is 10.0. The Hall–Kier alpha value is -2.21. The lowest BCUT2D eigenvalue weighted by Gasteiger charge is -2.37. The number of amides is 1. The number of nitrogens with zero attached hydrogens (tertiary/aromatic N) is 3. The first-order chi connectivity index (χ1) is 12.6. The third-order valence-electron chi connectivity index (χ3n) is 5.18. The summed E-state index contributed by atoms with van der Waals surface area (Å²) in [6.45, 7) is 2.36. The molecule has 1 aromatic carbocycles. The van der Waals surface area contributed by atoms with E-state index in [1.807, 2.05) is 30.3 Å². The molecule has 26 heavy (non-hydrogen) atoms. The minimum atomic E-state index is -0.154. The van der Waals surface area contributed by atoms with Gasteiger partial charge in [0.05, 0.1) is 6.20 Å².